The Morgan fingerprint density at radius 2 is 2.12 bits per heavy atom. The van der Waals surface area contributed by atoms with E-state index in [1.165, 1.54) is 18.9 Å². The van der Waals surface area contributed by atoms with Gasteiger partial charge in [-0.05, 0) is 49.4 Å². The smallest absolute Gasteiger partial charge is 0.261 e. The van der Waals surface area contributed by atoms with Crippen molar-refractivity contribution in [2.45, 2.75) is 25.8 Å². The summed E-state index contributed by atoms with van der Waals surface area (Å²) in [7, 11) is 1.52. The molecule has 0 radical (unpaired) electrons. The Hall–Kier alpha value is -2.34. The maximum absolute atomic E-state index is 12.6. The number of ketones is 1. The molecule has 2 heterocycles. The summed E-state index contributed by atoms with van der Waals surface area (Å²) in [6, 6.07) is 9.22. The van der Waals surface area contributed by atoms with Crippen molar-refractivity contribution in [2.24, 2.45) is 0 Å². The number of likely N-dealkylation sites (tertiary alicyclic amines) is 1. The van der Waals surface area contributed by atoms with Crippen LogP contribution >= 0.6 is 11.3 Å². The van der Waals surface area contributed by atoms with Crippen LogP contribution in [-0.4, -0.2) is 36.9 Å². The molecule has 3 rings (SSSR count). The number of hydrogen-bond donors (Lipinski definition) is 0. The molecule has 1 aliphatic rings. The molecule has 0 spiro atoms. The lowest BCUT2D eigenvalue weighted by Gasteiger charge is -2.24. The van der Waals surface area contributed by atoms with Gasteiger partial charge in [0.25, 0.3) is 5.91 Å². The lowest BCUT2D eigenvalue weighted by atomic mass is 10.1. The van der Waals surface area contributed by atoms with Crippen LogP contribution in [0.3, 0.4) is 0 Å². The van der Waals surface area contributed by atoms with Crippen LogP contribution in [0.15, 0.2) is 35.7 Å². The Morgan fingerprint density at radius 1 is 1.28 bits per heavy atom. The lowest BCUT2D eigenvalue weighted by Crippen LogP contribution is -2.34. The maximum Gasteiger partial charge on any atom is 0.261 e. The Bertz CT molecular complexity index is 757. The average Bonchev–Trinajstić information content (AvgIpc) is 3.29. The molecule has 132 valence electrons. The number of thiophene rings is 1. The van der Waals surface area contributed by atoms with Crippen LogP contribution in [0.1, 0.15) is 41.0 Å². The molecule has 1 aromatic heterocycles. The molecule has 1 amide bonds. The van der Waals surface area contributed by atoms with Crippen molar-refractivity contribution in [1.29, 1.82) is 0 Å². The summed E-state index contributed by atoms with van der Waals surface area (Å²) in [5, 5.41) is 2.04. The summed E-state index contributed by atoms with van der Waals surface area (Å²) in [5.41, 5.74) is 0.549. The van der Waals surface area contributed by atoms with Gasteiger partial charge in [0, 0.05) is 17.0 Å². The molecule has 1 unspecified atom stereocenters. The third kappa shape index (κ3) is 3.85. The van der Waals surface area contributed by atoms with E-state index in [-0.39, 0.29) is 24.3 Å². The zero-order valence-corrected chi connectivity index (χ0v) is 15.2. The van der Waals surface area contributed by atoms with Crippen LogP contribution in [0, 0.1) is 0 Å². The Labute approximate surface area is 151 Å². The highest BCUT2D eigenvalue weighted by Crippen LogP contribution is 2.35. The summed E-state index contributed by atoms with van der Waals surface area (Å²) in [4.78, 5) is 27.2. The van der Waals surface area contributed by atoms with Crippen molar-refractivity contribution < 1.29 is 19.1 Å². The number of amides is 1. The minimum atomic E-state index is -0.0446. The van der Waals surface area contributed by atoms with Gasteiger partial charge in [-0.3, -0.25) is 9.59 Å². The number of carbonyl (C=O) groups is 2. The molecule has 6 heteroatoms. The molecule has 5 nitrogen and oxygen atoms in total. The van der Waals surface area contributed by atoms with Crippen molar-refractivity contribution in [3.63, 3.8) is 0 Å². The van der Waals surface area contributed by atoms with Crippen LogP contribution in [-0.2, 0) is 4.79 Å². The highest BCUT2D eigenvalue weighted by molar-refractivity contribution is 7.10. The fraction of sp³-hybridized carbons (Fsp3) is 0.368. The van der Waals surface area contributed by atoms with Crippen LogP contribution in [0.4, 0.5) is 0 Å². The zero-order chi connectivity index (χ0) is 17.8. The summed E-state index contributed by atoms with van der Waals surface area (Å²) >= 11 is 1.68. The summed E-state index contributed by atoms with van der Waals surface area (Å²) in [6.07, 6.45) is 1.99. The topological polar surface area (TPSA) is 55.8 Å². The van der Waals surface area contributed by atoms with Crippen LogP contribution in [0.2, 0.25) is 0 Å². The molecule has 0 saturated carbocycles. The molecule has 1 aromatic carbocycles. The van der Waals surface area contributed by atoms with Gasteiger partial charge in [0.05, 0.1) is 13.2 Å². The molecular weight excluding hydrogens is 338 g/mol. The van der Waals surface area contributed by atoms with Crippen LogP contribution in [0.25, 0.3) is 0 Å². The van der Waals surface area contributed by atoms with E-state index in [2.05, 4.69) is 6.07 Å². The highest BCUT2D eigenvalue weighted by atomic mass is 32.1. The van der Waals surface area contributed by atoms with E-state index < -0.39 is 0 Å². The average molecular weight is 359 g/mol. The standard InChI is InChI=1S/C19H21NO4S/c1-13(21)14-7-8-16(17(11-14)23-2)24-12-19(22)20-9-3-5-15(20)18-6-4-10-25-18/h4,6-8,10-11,15H,3,5,9,12H2,1-2H3. The van der Waals surface area contributed by atoms with E-state index >= 15 is 0 Å². The number of nitrogens with zero attached hydrogens (tertiary/aromatic N) is 1. The van der Waals surface area contributed by atoms with Gasteiger partial charge in [-0.1, -0.05) is 6.07 Å². The summed E-state index contributed by atoms with van der Waals surface area (Å²) < 4.78 is 11.0. The molecule has 1 fully saturated rings. The number of Topliss-reactive ketones (excluding diaryl/α,β-unsaturated/α-hetero) is 1. The first-order chi connectivity index (χ1) is 12.1. The minimum absolute atomic E-state index is 0.0337. The lowest BCUT2D eigenvalue weighted by molar-refractivity contribution is -0.134. The SMILES string of the molecule is COc1cc(C(C)=O)ccc1OCC(=O)N1CCCC1c1cccs1. The van der Waals surface area contributed by atoms with Crippen LogP contribution in [0.5, 0.6) is 11.5 Å². The second-order valence-corrected chi connectivity index (χ2v) is 6.95. The van der Waals surface area contributed by atoms with Crippen molar-refractivity contribution in [3.05, 3.63) is 46.2 Å². The van der Waals surface area contributed by atoms with E-state index in [1.807, 2.05) is 16.3 Å². The predicted molar refractivity (Wildman–Crippen MR) is 96.5 cm³/mol. The Balaban J connectivity index is 1.67. The van der Waals surface area contributed by atoms with Crippen molar-refractivity contribution in [1.82, 2.24) is 4.90 Å². The first kappa shape index (κ1) is 17.5. The molecule has 2 aromatic rings. The largest absolute Gasteiger partial charge is 0.493 e. The Kier molecular flexibility index (Phi) is 5.38. The van der Waals surface area contributed by atoms with Gasteiger partial charge in [0.15, 0.2) is 23.9 Å². The molecular formula is C19H21NO4S. The highest BCUT2D eigenvalue weighted by Gasteiger charge is 2.30. The van der Waals surface area contributed by atoms with E-state index in [4.69, 9.17) is 9.47 Å². The van der Waals surface area contributed by atoms with Crippen LogP contribution < -0.4 is 9.47 Å². The van der Waals surface area contributed by atoms with Gasteiger partial charge in [-0.2, -0.15) is 0 Å². The van der Waals surface area contributed by atoms with Crippen molar-refractivity contribution in [3.8, 4) is 11.5 Å². The second kappa shape index (κ2) is 7.70. The summed E-state index contributed by atoms with van der Waals surface area (Å²) in [5.74, 6) is 0.842. The molecule has 0 N–H and O–H groups in total. The number of benzene rings is 1. The molecule has 0 bridgehead atoms. The maximum atomic E-state index is 12.6. The molecule has 0 aliphatic carbocycles. The van der Waals surface area contributed by atoms with E-state index in [0.717, 1.165) is 19.4 Å². The number of hydrogen-bond acceptors (Lipinski definition) is 5. The molecule has 1 saturated heterocycles. The first-order valence-corrected chi connectivity index (χ1v) is 9.12. The third-order valence-corrected chi connectivity index (χ3v) is 5.34. The molecule has 25 heavy (non-hydrogen) atoms. The fourth-order valence-electron chi connectivity index (χ4n) is 3.07. The number of ether oxygens (including phenoxy) is 2. The normalized spacial score (nSPS) is 16.7. The molecule has 1 atom stereocenters. The third-order valence-electron chi connectivity index (χ3n) is 4.37. The predicted octanol–water partition coefficient (Wildman–Crippen LogP) is 3.70. The van der Waals surface area contributed by atoms with Gasteiger partial charge in [0.1, 0.15) is 0 Å². The zero-order valence-electron chi connectivity index (χ0n) is 14.4. The quantitative estimate of drug-likeness (QED) is 0.738. The summed E-state index contributed by atoms with van der Waals surface area (Å²) in [6.45, 7) is 2.21. The van der Waals surface area contributed by atoms with Gasteiger partial charge < -0.3 is 14.4 Å². The first-order valence-electron chi connectivity index (χ1n) is 8.25. The second-order valence-electron chi connectivity index (χ2n) is 5.97. The van der Waals surface area contributed by atoms with E-state index in [9.17, 15) is 9.59 Å². The Morgan fingerprint density at radius 3 is 2.80 bits per heavy atom. The fourth-order valence-corrected chi connectivity index (χ4v) is 3.94. The van der Waals surface area contributed by atoms with Crippen molar-refractivity contribution >= 4 is 23.0 Å². The van der Waals surface area contributed by atoms with Crippen molar-refractivity contribution in [2.75, 3.05) is 20.3 Å². The minimum Gasteiger partial charge on any atom is -0.493 e. The van der Waals surface area contributed by atoms with Gasteiger partial charge in [-0.15, -0.1) is 11.3 Å². The van der Waals surface area contributed by atoms with Gasteiger partial charge in [-0.25, -0.2) is 0 Å². The number of rotatable bonds is 6. The number of carbonyl (C=O) groups excluding carboxylic acids is 2. The van der Waals surface area contributed by atoms with E-state index in [0.29, 0.717) is 17.1 Å². The number of methoxy groups -OCH3 is 1. The monoisotopic (exact) mass is 359 g/mol. The van der Waals surface area contributed by atoms with Gasteiger partial charge in [0.2, 0.25) is 0 Å². The van der Waals surface area contributed by atoms with E-state index in [1.54, 1.807) is 29.5 Å². The van der Waals surface area contributed by atoms with Gasteiger partial charge >= 0.3 is 0 Å². The molecule has 1 aliphatic heterocycles.